The number of anilines is 1. The van der Waals surface area contributed by atoms with E-state index >= 15 is 0 Å². The lowest BCUT2D eigenvalue weighted by atomic mass is 10.1. The third kappa shape index (κ3) is 2.97. The molecule has 3 N–H and O–H groups in total. The minimum atomic E-state index is -3.62. The third-order valence-electron chi connectivity index (χ3n) is 3.83. The minimum Gasteiger partial charge on any atom is -0.390 e. The zero-order chi connectivity index (χ0) is 19.2. The van der Waals surface area contributed by atoms with Gasteiger partial charge in [0.05, 0.1) is 22.4 Å². The lowest BCUT2D eigenvalue weighted by Gasteiger charge is -2.18. The second-order valence-electron chi connectivity index (χ2n) is 6.01. The van der Waals surface area contributed by atoms with Gasteiger partial charge in [-0.3, -0.25) is 0 Å². The van der Waals surface area contributed by atoms with Crippen molar-refractivity contribution in [2.24, 2.45) is 0 Å². The molecule has 0 aliphatic heterocycles. The molecule has 0 fully saturated rings. The number of nitrogens with zero attached hydrogens (tertiary/aromatic N) is 4. The van der Waals surface area contributed by atoms with Crippen molar-refractivity contribution in [2.75, 3.05) is 12.3 Å². The van der Waals surface area contributed by atoms with E-state index in [1.165, 1.54) is 16.8 Å². The van der Waals surface area contributed by atoms with Gasteiger partial charge in [0.25, 0.3) is 0 Å². The van der Waals surface area contributed by atoms with Crippen LogP contribution in [0.5, 0.6) is 0 Å². The Hall–Kier alpha value is -2.39. The third-order valence-corrected chi connectivity index (χ3v) is 4.10. The monoisotopic (exact) mass is 385 g/mol. The van der Waals surface area contributed by atoms with Crippen molar-refractivity contribution in [3.8, 4) is 11.3 Å². The molecule has 3 rings (SSSR count). The molecule has 0 spiro atoms. The van der Waals surface area contributed by atoms with Gasteiger partial charge in [-0.05, 0) is 26.0 Å². The van der Waals surface area contributed by atoms with Crippen molar-refractivity contribution in [1.29, 1.82) is 0 Å². The molecule has 0 radical (unpaired) electrons. The van der Waals surface area contributed by atoms with Crippen LogP contribution in [0.3, 0.4) is 0 Å². The average Bonchev–Trinajstić information content (AvgIpc) is 2.98. The first-order valence-corrected chi connectivity index (χ1v) is 8.02. The minimum absolute atomic E-state index is 0.0604. The Balaban J connectivity index is 2.35. The molecule has 0 aliphatic rings. The number of benzene rings is 1. The zero-order valence-corrected chi connectivity index (χ0v) is 14.6. The Bertz CT molecular complexity index is 990. The molecule has 6 nitrogen and oxygen atoms in total. The molecule has 2 aromatic heterocycles. The van der Waals surface area contributed by atoms with Crippen LogP contribution in [0.1, 0.15) is 25.7 Å². The van der Waals surface area contributed by atoms with Crippen LogP contribution in [-0.2, 0) is 5.92 Å². The number of imidazole rings is 1. The molecular weight excluding hydrogens is 371 g/mol. The first-order valence-electron chi connectivity index (χ1n) is 7.64. The normalized spacial score (nSPS) is 12.3. The molecule has 0 unspecified atom stereocenters. The molecule has 0 saturated carbocycles. The lowest BCUT2D eigenvalue weighted by Crippen LogP contribution is -2.24. The van der Waals surface area contributed by atoms with E-state index in [4.69, 9.17) is 22.4 Å². The maximum Gasteiger partial charge on any atom is 0.327 e. The lowest BCUT2D eigenvalue weighted by molar-refractivity contribution is -0.0658. The predicted molar refractivity (Wildman–Crippen MR) is 91.5 cm³/mol. The summed E-state index contributed by atoms with van der Waals surface area (Å²) in [6, 6.07) is 2.08. The summed E-state index contributed by atoms with van der Waals surface area (Å²) in [5, 5.41) is 9.14. The summed E-state index contributed by atoms with van der Waals surface area (Å²) >= 11 is 6.06. The van der Waals surface area contributed by atoms with Gasteiger partial charge in [-0.1, -0.05) is 11.6 Å². The van der Waals surface area contributed by atoms with Crippen LogP contribution in [-0.4, -0.2) is 31.2 Å². The molecule has 0 bridgehead atoms. The van der Waals surface area contributed by atoms with Gasteiger partial charge in [-0.25, -0.2) is 19.3 Å². The Labute approximate surface area is 151 Å². The molecule has 0 saturated heterocycles. The zero-order valence-electron chi connectivity index (χ0n) is 13.8. The first kappa shape index (κ1) is 18.4. The molecule has 0 amide bonds. The number of nitrogen functional groups attached to an aromatic ring is 1. The van der Waals surface area contributed by atoms with E-state index in [2.05, 4.69) is 15.0 Å². The van der Waals surface area contributed by atoms with Crippen LogP contribution in [0.15, 0.2) is 18.3 Å². The van der Waals surface area contributed by atoms with Crippen LogP contribution in [0, 0.1) is 5.82 Å². The molecule has 3 aromatic rings. The molecule has 138 valence electrons. The van der Waals surface area contributed by atoms with E-state index in [9.17, 15) is 13.2 Å². The van der Waals surface area contributed by atoms with Gasteiger partial charge in [0, 0.05) is 11.6 Å². The smallest absolute Gasteiger partial charge is 0.327 e. The number of aromatic nitrogens is 4. The van der Waals surface area contributed by atoms with E-state index in [1.54, 1.807) is 13.8 Å². The molecule has 10 heteroatoms. The Morgan fingerprint density at radius 3 is 2.62 bits per heavy atom. The predicted octanol–water partition coefficient (Wildman–Crippen LogP) is 3.53. The van der Waals surface area contributed by atoms with Crippen LogP contribution in [0.25, 0.3) is 22.3 Å². The molecule has 26 heavy (non-hydrogen) atoms. The summed E-state index contributed by atoms with van der Waals surface area (Å²) in [4.78, 5) is 11.5. The van der Waals surface area contributed by atoms with Gasteiger partial charge in [0.1, 0.15) is 12.1 Å². The second kappa shape index (κ2) is 6.40. The summed E-state index contributed by atoms with van der Waals surface area (Å²) in [5.41, 5.74) is 5.87. The maximum absolute atomic E-state index is 14.6. The van der Waals surface area contributed by atoms with Crippen molar-refractivity contribution in [3.63, 3.8) is 0 Å². The highest BCUT2D eigenvalue weighted by Crippen LogP contribution is 2.36. The topological polar surface area (TPSA) is 89.8 Å². The van der Waals surface area contributed by atoms with Crippen molar-refractivity contribution in [2.45, 2.75) is 25.8 Å². The number of fused-ring (bicyclic) bond motifs is 1. The van der Waals surface area contributed by atoms with Gasteiger partial charge in [0.2, 0.25) is 5.95 Å². The van der Waals surface area contributed by atoms with Crippen LogP contribution >= 0.6 is 11.6 Å². The van der Waals surface area contributed by atoms with Gasteiger partial charge in [-0.2, -0.15) is 8.78 Å². The van der Waals surface area contributed by atoms with Crippen LogP contribution in [0.2, 0.25) is 5.02 Å². The SMILES string of the molecule is CC(C)n1c(C(F)(F)CO)nc2c(F)cc(-c3nc(N)ncc3Cl)cc21. The summed E-state index contributed by atoms with van der Waals surface area (Å²) in [7, 11) is 0. The fourth-order valence-electron chi connectivity index (χ4n) is 2.72. The standard InChI is InChI=1S/C16H15ClF3N5O/c1-7(2)25-11-4-8(12-9(17)5-22-15(21)24-12)3-10(18)13(11)23-14(25)16(19,20)6-26/h3-5,7,26H,6H2,1-2H3,(H2,21,22,24). The van der Waals surface area contributed by atoms with E-state index in [0.29, 0.717) is 0 Å². The quantitative estimate of drug-likeness (QED) is 0.717. The summed E-state index contributed by atoms with van der Waals surface area (Å²) in [5.74, 6) is -5.21. The van der Waals surface area contributed by atoms with Crippen LogP contribution < -0.4 is 5.73 Å². The highest BCUT2D eigenvalue weighted by atomic mass is 35.5. The van der Waals surface area contributed by atoms with Crippen molar-refractivity contribution >= 4 is 28.6 Å². The van der Waals surface area contributed by atoms with Gasteiger partial charge in [0.15, 0.2) is 11.6 Å². The number of aliphatic hydroxyl groups is 1. The van der Waals surface area contributed by atoms with E-state index in [-0.39, 0.29) is 33.3 Å². The highest BCUT2D eigenvalue weighted by molar-refractivity contribution is 6.33. The molecule has 0 aliphatic carbocycles. The fraction of sp³-hybridized carbons (Fsp3) is 0.312. The fourth-order valence-corrected chi connectivity index (χ4v) is 2.92. The number of halogens is 4. The second-order valence-corrected chi connectivity index (χ2v) is 6.42. The van der Waals surface area contributed by atoms with Crippen molar-refractivity contribution < 1.29 is 18.3 Å². The first-order chi connectivity index (χ1) is 12.2. The average molecular weight is 386 g/mol. The molecule has 0 atom stereocenters. The number of hydrogen-bond acceptors (Lipinski definition) is 5. The van der Waals surface area contributed by atoms with Crippen molar-refractivity contribution in [3.05, 3.63) is 35.0 Å². The summed E-state index contributed by atoms with van der Waals surface area (Å²) < 4.78 is 44.0. The number of nitrogens with two attached hydrogens (primary N) is 1. The van der Waals surface area contributed by atoms with E-state index < -0.39 is 30.2 Å². The summed E-state index contributed by atoms with van der Waals surface area (Å²) in [6.45, 7) is 1.86. The molecular formula is C16H15ClF3N5O. The molecule has 2 heterocycles. The van der Waals surface area contributed by atoms with E-state index in [1.807, 2.05) is 0 Å². The summed E-state index contributed by atoms with van der Waals surface area (Å²) in [6.07, 6.45) is 1.27. The number of aliphatic hydroxyl groups excluding tert-OH is 1. The number of rotatable bonds is 4. The molecule has 1 aromatic carbocycles. The Morgan fingerprint density at radius 2 is 2.00 bits per heavy atom. The van der Waals surface area contributed by atoms with Gasteiger partial charge < -0.3 is 15.4 Å². The number of alkyl halides is 2. The highest BCUT2D eigenvalue weighted by Gasteiger charge is 2.38. The van der Waals surface area contributed by atoms with Crippen molar-refractivity contribution in [1.82, 2.24) is 19.5 Å². The Morgan fingerprint density at radius 1 is 1.31 bits per heavy atom. The van der Waals surface area contributed by atoms with Gasteiger partial charge >= 0.3 is 5.92 Å². The largest absolute Gasteiger partial charge is 0.390 e. The van der Waals surface area contributed by atoms with E-state index in [0.717, 1.165) is 6.07 Å². The van der Waals surface area contributed by atoms with Gasteiger partial charge in [-0.15, -0.1) is 0 Å². The number of hydrogen-bond donors (Lipinski definition) is 2. The van der Waals surface area contributed by atoms with Crippen LogP contribution in [0.4, 0.5) is 19.1 Å². The Kier molecular flexibility index (Phi) is 4.53. The maximum atomic E-state index is 14.6.